The van der Waals surface area contributed by atoms with Gasteiger partial charge in [-0.05, 0) is 42.2 Å². The van der Waals surface area contributed by atoms with Crippen molar-refractivity contribution in [2.45, 2.75) is 37.9 Å². The zero-order valence-corrected chi connectivity index (χ0v) is 17.7. The number of nitrogens with one attached hydrogen (secondary N) is 1. The molecule has 3 rings (SSSR count). The fraction of sp³-hybridized carbons (Fsp3) is 0.286. The summed E-state index contributed by atoms with van der Waals surface area (Å²) in [5.74, 6) is 6.35. The zero-order chi connectivity index (χ0) is 21.5. The highest BCUT2D eigenvalue weighted by Gasteiger charge is 2.14. The van der Waals surface area contributed by atoms with E-state index in [-0.39, 0.29) is 24.0 Å². The average Bonchev–Trinajstić information content (AvgIpc) is 3.11. The van der Waals surface area contributed by atoms with E-state index < -0.39 is 5.82 Å². The molecular weight excluding hydrogens is 405 g/mol. The quantitative estimate of drug-likeness (QED) is 0.395. The molecule has 0 aliphatic carbocycles. The van der Waals surface area contributed by atoms with Gasteiger partial charge in [-0.3, -0.25) is 4.79 Å². The first-order valence-corrected chi connectivity index (χ1v) is 10.6. The van der Waals surface area contributed by atoms with Crippen LogP contribution in [0.2, 0.25) is 0 Å². The minimum atomic E-state index is -0.468. The number of nitrogens with zero attached hydrogens (tertiary/aromatic N) is 3. The molecule has 7 nitrogen and oxygen atoms in total. The summed E-state index contributed by atoms with van der Waals surface area (Å²) in [5.41, 5.74) is 1.98. The molecule has 0 spiro atoms. The Bertz CT molecular complexity index is 993. The molecule has 1 atom stereocenters. The number of anilines is 1. The maximum Gasteiger partial charge on any atom is 0.234 e. The van der Waals surface area contributed by atoms with Gasteiger partial charge in [0.1, 0.15) is 6.61 Å². The van der Waals surface area contributed by atoms with Crippen molar-refractivity contribution in [3.8, 4) is 5.75 Å². The van der Waals surface area contributed by atoms with Crippen LogP contribution in [0.15, 0.2) is 53.7 Å². The van der Waals surface area contributed by atoms with Gasteiger partial charge < -0.3 is 15.9 Å². The van der Waals surface area contributed by atoms with E-state index >= 15 is 0 Å². The van der Waals surface area contributed by atoms with Crippen molar-refractivity contribution in [3.05, 3.63) is 65.7 Å². The van der Waals surface area contributed by atoms with E-state index in [0.29, 0.717) is 16.9 Å². The first kappa shape index (κ1) is 21.6. The number of para-hydroxylation sites is 1. The highest BCUT2D eigenvalue weighted by molar-refractivity contribution is 7.99. The summed E-state index contributed by atoms with van der Waals surface area (Å²) in [4.78, 5) is 12.2. The van der Waals surface area contributed by atoms with Crippen LogP contribution in [0.4, 0.5) is 10.1 Å². The van der Waals surface area contributed by atoms with Crippen molar-refractivity contribution in [1.29, 1.82) is 0 Å². The minimum Gasteiger partial charge on any atom is -0.482 e. The maximum atomic E-state index is 13.6. The first-order valence-electron chi connectivity index (χ1n) is 9.57. The van der Waals surface area contributed by atoms with Crippen molar-refractivity contribution in [3.63, 3.8) is 0 Å². The number of hydrogen-bond donors (Lipinski definition) is 2. The Morgan fingerprint density at radius 3 is 2.67 bits per heavy atom. The van der Waals surface area contributed by atoms with Gasteiger partial charge in [0, 0.05) is 5.69 Å². The number of hydrogen-bond acceptors (Lipinski definition) is 6. The third-order valence-corrected chi connectivity index (χ3v) is 5.58. The molecule has 0 aliphatic rings. The van der Waals surface area contributed by atoms with Crippen LogP contribution in [0.3, 0.4) is 0 Å². The van der Waals surface area contributed by atoms with Crippen LogP contribution in [0.5, 0.6) is 5.75 Å². The summed E-state index contributed by atoms with van der Waals surface area (Å²) >= 11 is 1.15. The molecule has 1 heterocycles. The monoisotopic (exact) mass is 429 g/mol. The largest absolute Gasteiger partial charge is 0.482 e. The second-order valence-electron chi connectivity index (χ2n) is 6.76. The van der Waals surface area contributed by atoms with Crippen LogP contribution < -0.4 is 15.9 Å². The predicted molar refractivity (Wildman–Crippen MR) is 115 cm³/mol. The summed E-state index contributed by atoms with van der Waals surface area (Å²) in [6.45, 7) is 4.27. The van der Waals surface area contributed by atoms with E-state index in [1.54, 1.807) is 12.1 Å². The van der Waals surface area contributed by atoms with Crippen molar-refractivity contribution in [2.24, 2.45) is 0 Å². The molecule has 2 aromatic carbocycles. The molecular formula is C21H24FN5O2S. The Morgan fingerprint density at radius 1 is 1.23 bits per heavy atom. The van der Waals surface area contributed by atoms with Gasteiger partial charge in [0.25, 0.3) is 0 Å². The van der Waals surface area contributed by atoms with Gasteiger partial charge in [-0.2, -0.15) is 0 Å². The first-order chi connectivity index (χ1) is 14.5. The highest BCUT2D eigenvalue weighted by atomic mass is 32.2. The molecule has 1 amide bonds. The molecule has 1 unspecified atom stereocenters. The molecule has 158 valence electrons. The number of nitrogen functional groups attached to an aromatic ring is 1. The molecule has 3 N–H and O–H groups in total. The Hall–Kier alpha value is -3.07. The summed E-state index contributed by atoms with van der Waals surface area (Å²) in [6, 6.07) is 13.9. The number of carbonyl (C=O) groups excluding carboxylic acids is 1. The number of ether oxygens (including phenoxy) is 1. The predicted octanol–water partition coefficient (Wildman–Crippen LogP) is 3.95. The molecule has 1 aromatic heterocycles. The van der Waals surface area contributed by atoms with Gasteiger partial charge in [0.2, 0.25) is 11.1 Å². The highest BCUT2D eigenvalue weighted by Crippen LogP contribution is 2.21. The molecule has 3 aromatic rings. The van der Waals surface area contributed by atoms with Crippen LogP contribution in [-0.4, -0.2) is 26.5 Å². The topological polar surface area (TPSA) is 95.1 Å². The number of rotatable bonds is 9. The lowest BCUT2D eigenvalue weighted by molar-refractivity contribution is -0.113. The minimum absolute atomic E-state index is 0.0419. The lowest BCUT2D eigenvalue weighted by Gasteiger charge is -2.10. The normalized spacial score (nSPS) is 11.8. The number of nitrogens with two attached hydrogens (primary N) is 1. The van der Waals surface area contributed by atoms with Gasteiger partial charge in [0.05, 0.1) is 5.75 Å². The van der Waals surface area contributed by atoms with Gasteiger partial charge >= 0.3 is 0 Å². The Kier molecular flexibility index (Phi) is 7.29. The number of amides is 1. The fourth-order valence-electron chi connectivity index (χ4n) is 2.67. The number of aromatic nitrogens is 3. The van der Waals surface area contributed by atoms with Crippen LogP contribution in [0.1, 0.15) is 37.6 Å². The molecule has 0 saturated carbocycles. The van der Waals surface area contributed by atoms with E-state index in [4.69, 9.17) is 10.6 Å². The van der Waals surface area contributed by atoms with Gasteiger partial charge in [0.15, 0.2) is 17.4 Å². The molecule has 0 saturated heterocycles. The Morgan fingerprint density at radius 2 is 1.97 bits per heavy atom. The number of thioether (sulfide) groups is 1. The van der Waals surface area contributed by atoms with E-state index in [1.165, 1.54) is 22.4 Å². The molecule has 0 radical (unpaired) electrons. The smallest absolute Gasteiger partial charge is 0.234 e. The molecule has 30 heavy (non-hydrogen) atoms. The third-order valence-electron chi connectivity index (χ3n) is 4.64. The lowest BCUT2D eigenvalue weighted by atomic mass is 9.99. The molecule has 0 bridgehead atoms. The molecule has 0 aliphatic heterocycles. The second kappa shape index (κ2) is 10.1. The summed E-state index contributed by atoms with van der Waals surface area (Å²) in [5, 5.41) is 11.1. The lowest BCUT2D eigenvalue weighted by Crippen LogP contribution is -2.18. The summed E-state index contributed by atoms with van der Waals surface area (Å²) < 4.78 is 20.2. The van der Waals surface area contributed by atoms with Gasteiger partial charge in [-0.15, -0.1) is 10.2 Å². The van der Waals surface area contributed by atoms with Crippen LogP contribution in [-0.2, 0) is 11.4 Å². The van der Waals surface area contributed by atoms with Crippen LogP contribution in [0.25, 0.3) is 0 Å². The van der Waals surface area contributed by atoms with Crippen LogP contribution in [0, 0.1) is 5.82 Å². The molecule has 0 fully saturated rings. The van der Waals surface area contributed by atoms with E-state index in [1.807, 2.05) is 24.3 Å². The zero-order valence-electron chi connectivity index (χ0n) is 16.8. The summed E-state index contributed by atoms with van der Waals surface area (Å²) in [6.07, 6.45) is 1.06. The number of benzene rings is 2. The van der Waals surface area contributed by atoms with Gasteiger partial charge in [-0.1, -0.05) is 49.9 Å². The van der Waals surface area contributed by atoms with Crippen molar-refractivity contribution in [2.75, 3.05) is 16.9 Å². The van der Waals surface area contributed by atoms with E-state index in [0.717, 1.165) is 23.9 Å². The van der Waals surface area contributed by atoms with E-state index in [2.05, 4.69) is 29.4 Å². The van der Waals surface area contributed by atoms with Crippen LogP contribution >= 0.6 is 11.8 Å². The second-order valence-corrected chi connectivity index (χ2v) is 7.70. The van der Waals surface area contributed by atoms with Gasteiger partial charge in [-0.25, -0.2) is 9.07 Å². The van der Waals surface area contributed by atoms with Crippen molar-refractivity contribution >= 4 is 23.4 Å². The Balaban J connectivity index is 1.51. The number of carbonyl (C=O) groups is 1. The third kappa shape index (κ3) is 5.50. The molecule has 9 heteroatoms. The summed E-state index contributed by atoms with van der Waals surface area (Å²) in [7, 11) is 0. The standard InChI is InChI=1S/C21H24FN5O2S/c1-3-14(2)15-8-10-16(11-9-15)24-20(28)13-30-21-26-25-19(27(21)23)12-29-18-7-5-4-6-17(18)22/h4-11,14H,3,12-13,23H2,1-2H3,(H,24,28). The van der Waals surface area contributed by atoms with Crippen molar-refractivity contribution < 1.29 is 13.9 Å². The van der Waals surface area contributed by atoms with E-state index in [9.17, 15) is 9.18 Å². The SMILES string of the molecule is CCC(C)c1ccc(NC(=O)CSc2nnc(COc3ccccc3F)n2N)cc1. The Labute approximate surface area is 178 Å². The fourth-order valence-corrected chi connectivity index (χ4v) is 3.34. The average molecular weight is 430 g/mol. The number of halogens is 1. The van der Waals surface area contributed by atoms with Crippen molar-refractivity contribution in [1.82, 2.24) is 14.9 Å². The maximum absolute atomic E-state index is 13.6.